The van der Waals surface area contributed by atoms with E-state index in [0.29, 0.717) is 25.9 Å². The van der Waals surface area contributed by atoms with E-state index in [1.165, 1.54) is 0 Å². The van der Waals surface area contributed by atoms with Gasteiger partial charge in [0.15, 0.2) is 0 Å². The molecule has 3 atom stereocenters. The van der Waals surface area contributed by atoms with Gasteiger partial charge in [0.2, 0.25) is 17.7 Å². The van der Waals surface area contributed by atoms with Crippen LogP contribution in [0.1, 0.15) is 51.1 Å². The summed E-state index contributed by atoms with van der Waals surface area (Å²) in [5, 5.41) is 2.97. The van der Waals surface area contributed by atoms with Gasteiger partial charge in [-0.3, -0.25) is 14.4 Å². The Bertz CT molecular complexity index is 777. The predicted octanol–water partition coefficient (Wildman–Crippen LogP) is 2.37. The molecule has 0 aliphatic carbocycles. The first-order chi connectivity index (χ1) is 14.3. The van der Waals surface area contributed by atoms with Crippen molar-refractivity contribution in [2.24, 2.45) is 11.8 Å². The summed E-state index contributed by atoms with van der Waals surface area (Å²) in [6, 6.07) is 7.34. The molecule has 7 heteroatoms. The molecule has 2 fully saturated rings. The molecule has 0 spiro atoms. The average molecular weight is 416 g/mol. The molecule has 3 rings (SSSR count). The summed E-state index contributed by atoms with van der Waals surface area (Å²) in [5.41, 5.74) is 0.927. The third-order valence-electron chi connectivity index (χ3n) is 6.17. The van der Waals surface area contributed by atoms with Crippen LogP contribution in [0.2, 0.25) is 0 Å². The van der Waals surface area contributed by atoms with Crippen molar-refractivity contribution in [3.8, 4) is 5.75 Å². The van der Waals surface area contributed by atoms with E-state index in [1.54, 1.807) is 19.1 Å². The molecule has 0 bridgehead atoms. The largest absolute Gasteiger partial charge is 0.497 e. The van der Waals surface area contributed by atoms with E-state index in [4.69, 9.17) is 4.74 Å². The van der Waals surface area contributed by atoms with E-state index in [-0.39, 0.29) is 41.6 Å². The van der Waals surface area contributed by atoms with Gasteiger partial charge in [-0.05, 0) is 50.8 Å². The van der Waals surface area contributed by atoms with Gasteiger partial charge in [0.1, 0.15) is 5.75 Å². The number of rotatable bonds is 5. The van der Waals surface area contributed by atoms with Crippen LogP contribution >= 0.6 is 0 Å². The van der Waals surface area contributed by atoms with Crippen molar-refractivity contribution >= 4 is 17.7 Å². The van der Waals surface area contributed by atoms with Crippen LogP contribution in [0.3, 0.4) is 0 Å². The first kappa shape index (κ1) is 22.1. The molecule has 30 heavy (non-hydrogen) atoms. The number of carbonyl (C=O) groups excluding carboxylic acids is 3. The van der Waals surface area contributed by atoms with Gasteiger partial charge in [0.05, 0.1) is 25.0 Å². The third-order valence-corrected chi connectivity index (χ3v) is 6.17. The summed E-state index contributed by atoms with van der Waals surface area (Å²) in [6.07, 6.45) is 2.51. The highest BCUT2D eigenvalue weighted by atomic mass is 16.5. The number of ether oxygens (including phenoxy) is 1. The third kappa shape index (κ3) is 4.77. The molecule has 2 aliphatic rings. The zero-order valence-corrected chi connectivity index (χ0v) is 18.4. The van der Waals surface area contributed by atoms with Crippen LogP contribution in [0.5, 0.6) is 5.75 Å². The highest BCUT2D eigenvalue weighted by molar-refractivity contribution is 5.86. The van der Waals surface area contributed by atoms with Crippen molar-refractivity contribution in [1.82, 2.24) is 15.1 Å². The smallest absolute Gasteiger partial charge is 0.228 e. The minimum atomic E-state index is -0.312. The van der Waals surface area contributed by atoms with Crippen molar-refractivity contribution < 1.29 is 19.1 Å². The molecule has 3 amide bonds. The van der Waals surface area contributed by atoms with Crippen LogP contribution in [0, 0.1) is 11.8 Å². The number of benzene rings is 1. The summed E-state index contributed by atoms with van der Waals surface area (Å²) in [6.45, 7) is 4.99. The fourth-order valence-corrected chi connectivity index (χ4v) is 4.58. The Labute approximate surface area is 178 Å². The Hall–Kier alpha value is -2.57. The fourth-order valence-electron chi connectivity index (χ4n) is 4.58. The van der Waals surface area contributed by atoms with Crippen molar-refractivity contribution in [2.45, 2.75) is 51.6 Å². The van der Waals surface area contributed by atoms with E-state index in [1.807, 2.05) is 43.0 Å². The van der Waals surface area contributed by atoms with Crippen molar-refractivity contribution in [2.75, 3.05) is 27.2 Å². The Morgan fingerprint density at radius 1 is 1.17 bits per heavy atom. The van der Waals surface area contributed by atoms with E-state index in [9.17, 15) is 14.4 Å². The summed E-state index contributed by atoms with van der Waals surface area (Å²) in [4.78, 5) is 42.0. The fraction of sp³-hybridized carbons (Fsp3) is 0.609. The van der Waals surface area contributed by atoms with Gasteiger partial charge in [-0.1, -0.05) is 12.1 Å². The number of carbonyl (C=O) groups is 3. The quantitative estimate of drug-likeness (QED) is 0.801. The van der Waals surface area contributed by atoms with Crippen LogP contribution in [0.15, 0.2) is 24.3 Å². The minimum absolute atomic E-state index is 0.0187. The highest BCUT2D eigenvalue weighted by Crippen LogP contribution is 2.38. The molecule has 2 saturated heterocycles. The molecular formula is C23H33N3O4. The molecule has 0 saturated carbocycles. The Morgan fingerprint density at radius 3 is 2.50 bits per heavy atom. The Morgan fingerprint density at radius 2 is 1.87 bits per heavy atom. The van der Waals surface area contributed by atoms with E-state index >= 15 is 0 Å². The van der Waals surface area contributed by atoms with E-state index < -0.39 is 0 Å². The second kappa shape index (κ2) is 9.49. The monoisotopic (exact) mass is 415 g/mol. The summed E-state index contributed by atoms with van der Waals surface area (Å²) < 4.78 is 5.24. The Balaban J connectivity index is 1.79. The zero-order chi connectivity index (χ0) is 21.8. The van der Waals surface area contributed by atoms with Gasteiger partial charge in [-0.2, -0.15) is 0 Å². The molecule has 164 valence electrons. The second-order valence-corrected chi connectivity index (χ2v) is 8.65. The van der Waals surface area contributed by atoms with E-state index in [2.05, 4.69) is 5.32 Å². The van der Waals surface area contributed by atoms with Crippen molar-refractivity contribution in [3.05, 3.63) is 29.8 Å². The molecule has 7 nitrogen and oxygen atoms in total. The molecule has 2 aliphatic heterocycles. The first-order valence-electron chi connectivity index (χ1n) is 10.8. The van der Waals surface area contributed by atoms with Gasteiger partial charge in [0, 0.05) is 32.6 Å². The maximum absolute atomic E-state index is 13.5. The number of hydrogen-bond acceptors (Lipinski definition) is 4. The maximum atomic E-state index is 13.5. The molecular weight excluding hydrogens is 382 g/mol. The number of nitrogens with one attached hydrogen (secondary N) is 1. The maximum Gasteiger partial charge on any atom is 0.228 e. The molecule has 1 N–H and O–H groups in total. The number of methoxy groups -OCH3 is 1. The van der Waals surface area contributed by atoms with Crippen LogP contribution in [-0.2, 0) is 14.4 Å². The topological polar surface area (TPSA) is 79.0 Å². The SMILES string of the molecule is COc1ccc(C2C(C(=O)N3CCCC(C(=O)NC(C)C)C3)CCC(=O)N2C)cc1. The minimum Gasteiger partial charge on any atom is -0.497 e. The lowest BCUT2D eigenvalue weighted by molar-refractivity contribution is -0.148. The van der Waals surface area contributed by atoms with Crippen molar-refractivity contribution in [3.63, 3.8) is 0 Å². The number of hydrogen-bond donors (Lipinski definition) is 1. The van der Waals surface area contributed by atoms with Gasteiger partial charge >= 0.3 is 0 Å². The predicted molar refractivity (Wildman–Crippen MR) is 114 cm³/mol. The van der Waals surface area contributed by atoms with Gasteiger partial charge in [-0.25, -0.2) is 0 Å². The number of piperidine rings is 2. The lowest BCUT2D eigenvalue weighted by Gasteiger charge is -2.42. The molecule has 1 aromatic carbocycles. The first-order valence-corrected chi connectivity index (χ1v) is 10.8. The lowest BCUT2D eigenvalue weighted by Crippen LogP contribution is -2.51. The molecule has 3 unspecified atom stereocenters. The summed E-state index contributed by atoms with van der Waals surface area (Å²) >= 11 is 0. The van der Waals surface area contributed by atoms with Gasteiger partial charge in [-0.15, -0.1) is 0 Å². The number of nitrogens with zero attached hydrogens (tertiary/aromatic N) is 2. The highest BCUT2D eigenvalue weighted by Gasteiger charge is 2.41. The molecule has 0 aromatic heterocycles. The Kier molecular flexibility index (Phi) is 7.00. The summed E-state index contributed by atoms with van der Waals surface area (Å²) in [5.74, 6) is 0.358. The van der Waals surface area contributed by atoms with Gasteiger partial charge in [0.25, 0.3) is 0 Å². The van der Waals surface area contributed by atoms with E-state index in [0.717, 1.165) is 24.2 Å². The molecule has 2 heterocycles. The van der Waals surface area contributed by atoms with Crippen LogP contribution in [0.4, 0.5) is 0 Å². The number of amides is 3. The molecule has 1 aromatic rings. The second-order valence-electron chi connectivity index (χ2n) is 8.65. The van der Waals surface area contributed by atoms with Crippen LogP contribution in [-0.4, -0.2) is 60.8 Å². The summed E-state index contributed by atoms with van der Waals surface area (Å²) in [7, 11) is 3.38. The van der Waals surface area contributed by atoms with Gasteiger partial charge < -0.3 is 19.9 Å². The lowest BCUT2D eigenvalue weighted by atomic mass is 9.83. The average Bonchev–Trinajstić information content (AvgIpc) is 2.75. The standard InChI is InChI=1S/C23H33N3O4/c1-15(2)24-22(28)17-6-5-13-26(14-17)23(29)19-11-12-20(27)25(3)21(19)16-7-9-18(30-4)10-8-16/h7-10,15,17,19,21H,5-6,11-14H2,1-4H3,(H,24,28). The normalized spacial score (nSPS) is 24.7. The number of likely N-dealkylation sites (tertiary alicyclic amines) is 2. The van der Waals surface area contributed by atoms with Crippen LogP contribution < -0.4 is 10.1 Å². The van der Waals surface area contributed by atoms with Crippen LogP contribution in [0.25, 0.3) is 0 Å². The zero-order valence-electron chi connectivity index (χ0n) is 18.4. The van der Waals surface area contributed by atoms with Crippen molar-refractivity contribution in [1.29, 1.82) is 0 Å². The molecule has 0 radical (unpaired) electrons.